The summed E-state index contributed by atoms with van der Waals surface area (Å²) in [6, 6.07) is 0.391. The Labute approximate surface area is 110 Å². The Morgan fingerprint density at radius 3 is 2.72 bits per heavy atom. The first kappa shape index (κ1) is 13.8. The fourth-order valence-electron chi connectivity index (χ4n) is 3.54. The first-order valence-electron chi connectivity index (χ1n) is 7.19. The molecular formula is C14H26N2O2. The lowest BCUT2D eigenvalue weighted by atomic mass is 9.79. The van der Waals surface area contributed by atoms with E-state index < -0.39 is 0 Å². The molecule has 0 aromatic carbocycles. The zero-order valence-corrected chi connectivity index (χ0v) is 11.5. The van der Waals surface area contributed by atoms with Gasteiger partial charge in [-0.1, -0.05) is 6.92 Å². The van der Waals surface area contributed by atoms with Crippen molar-refractivity contribution in [3.63, 3.8) is 0 Å². The summed E-state index contributed by atoms with van der Waals surface area (Å²) < 4.78 is 5.41. The van der Waals surface area contributed by atoms with Crippen LogP contribution >= 0.6 is 0 Å². The molecule has 0 radical (unpaired) electrons. The number of ether oxygens (including phenoxy) is 1. The van der Waals surface area contributed by atoms with Crippen LogP contribution in [-0.4, -0.2) is 31.2 Å². The van der Waals surface area contributed by atoms with Gasteiger partial charge in [0.2, 0.25) is 5.91 Å². The Bertz CT molecular complexity index is 286. The van der Waals surface area contributed by atoms with Crippen molar-refractivity contribution in [1.29, 1.82) is 0 Å². The third-order valence-electron chi connectivity index (χ3n) is 4.43. The van der Waals surface area contributed by atoms with Crippen LogP contribution in [0.5, 0.6) is 0 Å². The number of carbonyl (C=O) groups is 1. The second-order valence-electron chi connectivity index (χ2n) is 6.09. The molecule has 0 aliphatic heterocycles. The molecule has 0 aromatic heterocycles. The average molecular weight is 254 g/mol. The minimum absolute atomic E-state index is 0.0989. The van der Waals surface area contributed by atoms with Gasteiger partial charge < -0.3 is 15.8 Å². The summed E-state index contributed by atoms with van der Waals surface area (Å²) in [6.45, 7) is 2.19. The summed E-state index contributed by atoms with van der Waals surface area (Å²) >= 11 is 0. The number of carbonyl (C=O) groups excluding carboxylic acids is 1. The van der Waals surface area contributed by atoms with Crippen LogP contribution in [0.25, 0.3) is 0 Å². The van der Waals surface area contributed by atoms with Gasteiger partial charge in [-0.05, 0) is 44.4 Å². The highest BCUT2D eigenvalue weighted by Crippen LogP contribution is 2.29. The van der Waals surface area contributed by atoms with Gasteiger partial charge in [0.15, 0.2) is 0 Å². The summed E-state index contributed by atoms with van der Waals surface area (Å²) in [5.74, 6) is 0.846. The second-order valence-corrected chi connectivity index (χ2v) is 6.09. The number of amides is 1. The fraction of sp³-hybridized carbons (Fsp3) is 0.929. The van der Waals surface area contributed by atoms with E-state index in [1.54, 1.807) is 7.11 Å². The summed E-state index contributed by atoms with van der Waals surface area (Å²) in [4.78, 5) is 12.3. The lowest BCUT2D eigenvalue weighted by Crippen LogP contribution is -2.46. The van der Waals surface area contributed by atoms with Crippen molar-refractivity contribution in [2.75, 3.05) is 7.11 Å². The molecule has 0 heterocycles. The summed E-state index contributed by atoms with van der Waals surface area (Å²) in [5, 5.41) is 3.17. The zero-order chi connectivity index (χ0) is 13.1. The van der Waals surface area contributed by atoms with Crippen molar-refractivity contribution in [2.24, 2.45) is 17.6 Å². The number of methoxy groups -OCH3 is 1. The van der Waals surface area contributed by atoms with Gasteiger partial charge in [0, 0.05) is 19.1 Å². The number of nitrogens with two attached hydrogens (primary N) is 1. The van der Waals surface area contributed by atoms with Gasteiger partial charge in [-0.25, -0.2) is 0 Å². The second kappa shape index (κ2) is 6.02. The first-order chi connectivity index (χ1) is 8.60. The van der Waals surface area contributed by atoms with Gasteiger partial charge >= 0.3 is 0 Å². The highest BCUT2D eigenvalue weighted by Gasteiger charge is 2.33. The Kier molecular flexibility index (Phi) is 4.62. The van der Waals surface area contributed by atoms with Gasteiger partial charge in [0.25, 0.3) is 0 Å². The quantitative estimate of drug-likeness (QED) is 0.801. The predicted molar refractivity (Wildman–Crippen MR) is 71.1 cm³/mol. The SMILES string of the molecule is COC1CCCC1NC(=O)C1CC(C)CC(N)C1. The van der Waals surface area contributed by atoms with E-state index in [9.17, 15) is 4.79 Å². The molecule has 4 heteroatoms. The van der Waals surface area contributed by atoms with Crippen LogP contribution in [0.3, 0.4) is 0 Å². The van der Waals surface area contributed by atoms with Gasteiger partial charge in [0.1, 0.15) is 0 Å². The smallest absolute Gasteiger partial charge is 0.223 e. The van der Waals surface area contributed by atoms with Gasteiger partial charge in [0.05, 0.1) is 12.1 Å². The minimum atomic E-state index is 0.0989. The minimum Gasteiger partial charge on any atom is -0.379 e. The molecule has 104 valence electrons. The molecule has 18 heavy (non-hydrogen) atoms. The molecule has 0 saturated heterocycles. The monoisotopic (exact) mass is 254 g/mol. The van der Waals surface area contributed by atoms with E-state index in [0.717, 1.165) is 38.5 Å². The molecule has 4 nitrogen and oxygen atoms in total. The van der Waals surface area contributed by atoms with E-state index in [-0.39, 0.29) is 30.0 Å². The standard InChI is InChI=1S/C14H26N2O2/c1-9-6-10(8-11(15)7-9)14(17)16-12-4-3-5-13(12)18-2/h9-13H,3-8,15H2,1-2H3,(H,16,17). The van der Waals surface area contributed by atoms with E-state index in [1.165, 1.54) is 0 Å². The number of hydrogen-bond donors (Lipinski definition) is 2. The number of rotatable bonds is 3. The maximum Gasteiger partial charge on any atom is 0.223 e. The molecular weight excluding hydrogens is 228 g/mol. The predicted octanol–water partition coefficient (Wildman–Crippen LogP) is 1.43. The van der Waals surface area contributed by atoms with Crippen LogP contribution in [0.4, 0.5) is 0 Å². The summed E-state index contributed by atoms with van der Waals surface area (Å²) in [5.41, 5.74) is 6.01. The first-order valence-corrected chi connectivity index (χ1v) is 7.19. The van der Waals surface area contributed by atoms with Crippen LogP contribution in [-0.2, 0) is 9.53 Å². The summed E-state index contributed by atoms with van der Waals surface area (Å²) in [6.07, 6.45) is 6.30. The topological polar surface area (TPSA) is 64.3 Å². The van der Waals surface area contributed by atoms with Crippen molar-refractivity contribution in [1.82, 2.24) is 5.32 Å². The zero-order valence-electron chi connectivity index (χ0n) is 11.5. The molecule has 0 aromatic rings. The maximum atomic E-state index is 12.3. The van der Waals surface area contributed by atoms with Crippen LogP contribution in [0.1, 0.15) is 45.4 Å². The van der Waals surface area contributed by atoms with E-state index in [0.29, 0.717) is 5.92 Å². The highest BCUT2D eigenvalue weighted by molar-refractivity contribution is 5.79. The van der Waals surface area contributed by atoms with Gasteiger partial charge in [-0.15, -0.1) is 0 Å². The van der Waals surface area contributed by atoms with E-state index in [4.69, 9.17) is 10.5 Å². The third kappa shape index (κ3) is 3.23. The normalized spacial score (nSPS) is 40.7. The van der Waals surface area contributed by atoms with Crippen molar-refractivity contribution in [3.05, 3.63) is 0 Å². The molecule has 5 unspecified atom stereocenters. The molecule has 0 spiro atoms. The van der Waals surface area contributed by atoms with Crippen molar-refractivity contribution >= 4 is 5.91 Å². The molecule has 2 rings (SSSR count). The molecule has 5 atom stereocenters. The van der Waals surface area contributed by atoms with Crippen LogP contribution in [0.15, 0.2) is 0 Å². The molecule has 2 aliphatic carbocycles. The van der Waals surface area contributed by atoms with E-state index in [1.807, 2.05) is 0 Å². The largest absolute Gasteiger partial charge is 0.379 e. The van der Waals surface area contributed by atoms with Crippen molar-refractivity contribution in [3.8, 4) is 0 Å². The Balaban J connectivity index is 1.87. The highest BCUT2D eigenvalue weighted by atomic mass is 16.5. The third-order valence-corrected chi connectivity index (χ3v) is 4.43. The molecule has 3 N–H and O–H groups in total. The van der Waals surface area contributed by atoms with E-state index >= 15 is 0 Å². The van der Waals surface area contributed by atoms with Gasteiger partial charge in [-0.2, -0.15) is 0 Å². The summed E-state index contributed by atoms with van der Waals surface area (Å²) in [7, 11) is 1.73. The molecule has 2 saturated carbocycles. The maximum absolute atomic E-state index is 12.3. The van der Waals surface area contributed by atoms with Crippen molar-refractivity contribution < 1.29 is 9.53 Å². The van der Waals surface area contributed by atoms with Crippen LogP contribution in [0.2, 0.25) is 0 Å². The van der Waals surface area contributed by atoms with Gasteiger partial charge in [-0.3, -0.25) is 4.79 Å². The molecule has 1 amide bonds. The molecule has 2 aliphatic rings. The number of hydrogen-bond acceptors (Lipinski definition) is 3. The Morgan fingerprint density at radius 1 is 1.28 bits per heavy atom. The Morgan fingerprint density at radius 2 is 2.06 bits per heavy atom. The molecule has 2 fully saturated rings. The van der Waals surface area contributed by atoms with Crippen molar-refractivity contribution in [2.45, 2.75) is 63.6 Å². The van der Waals surface area contributed by atoms with E-state index in [2.05, 4.69) is 12.2 Å². The average Bonchev–Trinajstić information content (AvgIpc) is 2.75. The van der Waals surface area contributed by atoms with Crippen LogP contribution in [0, 0.1) is 11.8 Å². The van der Waals surface area contributed by atoms with Crippen LogP contribution < -0.4 is 11.1 Å². The lowest BCUT2D eigenvalue weighted by Gasteiger charge is -2.31. The number of nitrogens with one attached hydrogen (secondary N) is 1. The lowest BCUT2D eigenvalue weighted by molar-refractivity contribution is -0.128. The fourth-order valence-corrected chi connectivity index (χ4v) is 3.54. The molecule has 0 bridgehead atoms. The Hall–Kier alpha value is -0.610.